The summed E-state index contributed by atoms with van der Waals surface area (Å²) in [5, 5.41) is 3.46. The molecule has 4 aromatic rings. The Labute approximate surface area is 214 Å². The largest absolute Gasteiger partial charge is 0.478 e. The average molecular weight is 644 g/mol. The molecule has 0 fully saturated rings. The van der Waals surface area contributed by atoms with E-state index < -0.39 is 5.60 Å². The van der Waals surface area contributed by atoms with Crippen LogP contribution in [-0.4, -0.2) is 16.5 Å². The molecule has 9 heteroatoms. The standard InChI is InChI=1S/C23H16Br3ClN2O3/c1-23(2,32-13-9-7-12(24)8-10-13)22(30)29-19-15(25)11-17-20(18(19)26)28-21(31-17)14-5-3-4-6-16(14)27/h3-11H,1-2H3,(H,29,30). The number of ether oxygens (including phenoxy) is 1. The summed E-state index contributed by atoms with van der Waals surface area (Å²) in [5.74, 6) is 0.652. The summed E-state index contributed by atoms with van der Waals surface area (Å²) in [7, 11) is 0. The van der Waals surface area contributed by atoms with Gasteiger partial charge in [0.15, 0.2) is 11.2 Å². The maximum atomic E-state index is 13.1. The second-order valence-electron chi connectivity index (χ2n) is 7.41. The van der Waals surface area contributed by atoms with Crippen LogP contribution in [0.3, 0.4) is 0 Å². The lowest BCUT2D eigenvalue weighted by Gasteiger charge is -2.26. The predicted octanol–water partition coefficient (Wildman–Crippen LogP) is 8.23. The number of nitrogens with zero attached hydrogens (tertiary/aromatic N) is 1. The summed E-state index contributed by atoms with van der Waals surface area (Å²) in [6, 6.07) is 16.4. The highest BCUT2D eigenvalue weighted by atomic mass is 79.9. The Balaban J connectivity index is 1.64. The van der Waals surface area contributed by atoms with Crippen LogP contribution < -0.4 is 10.1 Å². The fraction of sp³-hybridized carbons (Fsp3) is 0.130. The van der Waals surface area contributed by atoms with Gasteiger partial charge in [0.25, 0.3) is 5.91 Å². The van der Waals surface area contributed by atoms with E-state index in [2.05, 4.69) is 58.1 Å². The molecular weight excluding hydrogens is 627 g/mol. The van der Waals surface area contributed by atoms with Crippen LogP contribution >= 0.6 is 59.4 Å². The number of fused-ring (bicyclic) bond motifs is 1. The second-order valence-corrected chi connectivity index (χ2v) is 10.4. The molecule has 0 spiro atoms. The van der Waals surface area contributed by atoms with Crippen LogP contribution in [0, 0.1) is 0 Å². The zero-order valence-corrected chi connectivity index (χ0v) is 22.4. The molecule has 1 aromatic heterocycles. The first-order valence-corrected chi connectivity index (χ1v) is 12.2. The molecule has 0 saturated carbocycles. The summed E-state index contributed by atoms with van der Waals surface area (Å²) in [6.45, 7) is 3.41. The molecule has 164 valence electrons. The van der Waals surface area contributed by atoms with E-state index in [4.69, 9.17) is 20.8 Å². The number of amides is 1. The number of halogens is 4. The van der Waals surface area contributed by atoms with Gasteiger partial charge in [0.05, 0.1) is 20.7 Å². The fourth-order valence-electron chi connectivity index (χ4n) is 2.97. The lowest BCUT2D eigenvalue weighted by atomic mass is 10.1. The van der Waals surface area contributed by atoms with Gasteiger partial charge in [0, 0.05) is 8.95 Å². The average Bonchev–Trinajstić information content (AvgIpc) is 3.16. The van der Waals surface area contributed by atoms with Crippen LogP contribution in [-0.2, 0) is 4.79 Å². The molecule has 0 aliphatic carbocycles. The van der Waals surface area contributed by atoms with Gasteiger partial charge in [-0.15, -0.1) is 0 Å². The third-order valence-corrected chi connectivity index (χ3v) is 6.91. The van der Waals surface area contributed by atoms with Crippen LogP contribution in [0.15, 0.2) is 72.4 Å². The maximum absolute atomic E-state index is 13.1. The van der Waals surface area contributed by atoms with E-state index in [1.54, 1.807) is 38.1 Å². The highest BCUT2D eigenvalue weighted by molar-refractivity contribution is 9.11. The molecule has 0 atom stereocenters. The monoisotopic (exact) mass is 640 g/mol. The van der Waals surface area contributed by atoms with Crippen LogP contribution in [0.4, 0.5) is 5.69 Å². The van der Waals surface area contributed by atoms with Gasteiger partial charge in [0.1, 0.15) is 11.3 Å². The second kappa shape index (κ2) is 9.17. The summed E-state index contributed by atoms with van der Waals surface area (Å²) >= 11 is 16.8. The lowest BCUT2D eigenvalue weighted by molar-refractivity contribution is -0.128. The van der Waals surface area contributed by atoms with E-state index in [9.17, 15) is 4.79 Å². The minimum atomic E-state index is -1.13. The molecule has 1 N–H and O–H groups in total. The van der Waals surface area contributed by atoms with Gasteiger partial charge in [-0.1, -0.05) is 39.7 Å². The zero-order valence-electron chi connectivity index (χ0n) is 16.9. The van der Waals surface area contributed by atoms with Gasteiger partial charge in [-0.3, -0.25) is 4.79 Å². The molecule has 0 aliphatic heterocycles. The van der Waals surface area contributed by atoms with Gasteiger partial charge >= 0.3 is 0 Å². The minimum absolute atomic E-state index is 0.323. The van der Waals surface area contributed by atoms with Crippen molar-refractivity contribution in [1.29, 1.82) is 0 Å². The third-order valence-electron chi connectivity index (χ3n) is 4.65. The van der Waals surface area contributed by atoms with Gasteiger partial charge in [-0.2, -0.15) is 0 Å². The Bertz CT molecular complexity index is 1320. The predicted molar refractivity (Wildman–Crippen MR) is 137 cm³/mol. The summed E-state index contributed by atoms with van der Waals surface area (Å²) in [4.78, 5) is 17.7. The van der Waals surface area contributed by atoms with Crippen molar-refractivity contribution in [3.8, 4) is 17.2 Å². The van der Waals surface area contributed by atoms with Crippen LogP contribution in [0.5, 0.6) is 5.75 Å². The molecule has 0 unspecified atom stereocenters. The Kier molecular flexibility index (Phi) is 6.68. The lowest BCUT2D eigenvalue weighted by Crippen LogP contribution is -2.42. The van der Waals surface area contributed by atoms with Gasteiger partial charge < -0.3 is 14.5 Å². The Morgan fingerprint density at radius 2 is 1.78 bits per heavy atom. The van der Waals surface area contributed by atoms with E-state index in [0.717, 1.165) is 4.47 Å². The molecule has 3 aromatic carbocycles. The highest BCUT2D eigenvalue weighted by Crippen LogP contribution is 2.40. The highest BCUT2D eigenvalue weighted by Gasteiger charge is 2.31. The van der Waals surface area contributed by atoms with Crippen molar-refractivity contribution in [2.75, 3.05) is 5.32 Å². The van der Waals surface area contributed by atoms with E-state index in [1.807, 2.05) is 30.3 Å². The molecule has 5 nitrogen and oxygen atoms in total. The maximum Gasteiger partial charge on any atom is 0.268 e. The summed E-state index contributed by atoms with van der Waals surface area (Å²) in [6.07, 6.45) is 0. The van der Waals surface area contributed by atoms with Crippen molar-refractivity contribution in [2.45, 2.75) is 19.4 Å². The molecule has 0 radical (unpaired) electrons. The van der Waals surface area contributed by atoms with Crippen molar-refractivity contribution < 1.29 is 13.9 Å². The quantitative estimate of drug-likeness (QED) is 0.238. The van der Waals surface area contributed by atoms with E-state index >= 15 is 0 Å². The zero-order chi connectivity index (χ0) is 23.0. The molecule has 1 heterocycles. The van der Waals surface area contributed by atoms with Crippen LogP contribution in [0.2, 0.25) is 5.02 Å². The molecule has 32 heavy (non-hydrogen) atoms. The SMILES string of the molecule is CC(C)(Oc1ccc(Br)cc1)C(=O)Nc1c(Br)cc2oc(-c3ccccc3Cl)nc2c1Br. The number of rotatable bonds is 5. The van der Waals surface area contributed by atoms with Crippen molar-refractivity contribution in [3.63, 3.8) is 0 Å². The molecule has 0 aliphatic rings. The first-order valence-electron chi connectivity index (χ1n) is 9.45. The number of hydrogen-bond donors (Lipinski definition) is 1. The topological polar surface area (TPSA) is 64.4 Å². The van der Waals surface area contributed by atoms with Crippen molar-refractivity contribution in [3.05, 3.63) is 73.0 Å². The minimum Gasteiger partial charge on any atom is -0.478 e. The molecule has 0 bridgehead atoms. The van der Waals surface area contributed by atoms with Crippen LogP contribution in [0.1, 0.15) is 13.8 Å². The number of benzene rings is 3. The molecule has 4 rings (SSSR count). The number of hydrogen-bond acceptors (Lipinski definition) is 4. The third kappa shape index (κ3) is 4.73. The van der Waals surface area contributed by atoms with E-state index in [1.165, 1.54) is 0 Å². The summed E-state index contributed by atoms with van der Waals surface area (Å²) < 4.78 is 14.0. The van der Waals surface area contributed by atoms with Gasteiger partial charge in [-0.05, 0) is 88.2 Å². The van der Waals surface area contributed by atoms with E-state index in [-0.39, 0.29) is 5.91 Å². The normalized spacial score (nSPS) is 11.6. The van der Waals surface area contributed by atoms with Crippen molar-refractivity contribution >= 4 is 82.1 Å². The number of aromatic nitrogens is 1. The number of carbonyl (C=O) groups is 1. The van der Waals surface area contributed by atoms with Gasteiger partial charge in [-0.25, -0.2) is 4.98 Å². The smallest absolute Gasteiger partial charge is 0.268 e. The summed E-state index contributed by atoms with van der Waals surface area (Å²) in [5.41, 5.74) is 1.18. The molecule has 1 amide bonds. The van der Waals surface area contributed by atoms with Gasteiger partial charge in [0.2, 0.25) is 5.89 Å². The molecular formula is C23H16Br3ClN2O3. The number of anilines is 1. The van der Waals surface area contributed by atoms with Crippen LogP contribution in [0.25, 0.3) is 22.6 Å². The number of oxazole rings is 1. The van der Waals surface area contributed by atoms with Crippen molar-refractivity contribution in [2.24, 2.45) is 0 Å². The fourth-order valence-corrected chi connectivity index (χ4v) is 4.82. The number of nitrogens with one attached hydrogen (secondary N) is 1. The first-order chi connectivity index (χ1) is 15.2. The molecule has 0 saturated heterocycles. The van der Waals surface area contributed by atoms with Crippen molar-refractivity contribution in [1.82, 2.24) is 4.98 Å². The Morgan fingerprint density at radius 1 is 1.09 bits per heavy atom. The first kappa shape index (κ1) is 23.3. The Morgan fingerprint density at radius 3 is 2.47 bits per heavy atom. The Hall–Kier alpha value is -1.87. The van der Waals surface area contributed by atoms with E-state index in [0.29, 0.717) is 48.0 Å². The number of carbonyl (C=O) groups excluding carboxylic acids is 1.